The Hall–Kier alpha value is -2.28. The quantitative estimate of drug-likeness (QED) is 0.132. The summed E-state index contributed by atoms with van der Waals surface area (Å²) in [5.74, 6) is -5.43. The molecule has 0 aliphatic carbocycles. The van der Waals surface area contributed by atoms with Gasteiger partial charge >= 0.3 is 23.9 Å². The number of ether oxygens (including phenoxy) is 8. The maximum atomic E-state index is 13.0. The Morgan fingerprint density at radius 3 is 1.08 bits per heavy atom. The lowest BCUT2D eigenvalue weighted by molar-refractivity contribution is -0.167. The number of carbonyl (C=O) groups is 4. The highest BCUT2D eigenvalue weighted by molar-refractivity contribution is 5.88. The molecule has 4 heterocycles. The molecule has 0 aromatic rings. The summed E-state index contributed by atoms with van der Waals surface area (Å²) in [4.78, 5) is 51.1. The maximum absolute atomic E-state index is 13.0. The van der Waals surface area contributed by atoms with E-state index in [1.54, 1.807) is 0 Å². The molecular weight excluding hydrogens is 480 g/mol. The Labute approximate surface area is 209 Å². The average molecular weight is 515 g/mol. The van der Waals surface area contributed by atoms with Crippen LogP contribution in [0.2, 0.25) is 0 Å². The van der Waals surface area contributed by atoms with Gasteiger partial charge in [-0.2, -0.15) is 0 Å². The van der Waals surface area contributed by atoms with Crippen molar-refractivity contribution in [1.29, 1.82) is 0 Å². The number of hydrogen-bond acceptors (Lipinski definition) is 12. The van der Waals surface area contributed by atoms with Crippen LogP contribution in [0.4, 0.5) is 0 Å². The topological polar surface area (TPSA) is 155 Å². The third kappa shape index (κ3) is 10.4. The molecule has 36 heavy (non-hydrogen) atoms. The zero-order valence-electron chi connectivity index (χ0n) is 20.3. The van der Waals surface area contributed by atoms with E-state index in [0.717, 1.165) is 0 Å². The Bertz CT molecular complexity index is 705. The van der Waals surface area contributed by atoms with Gasteiger partial charge in [0.15, 0.2) is 0 Å². The monoisotopic (exact) mass is 514 g/mol. The van der Waals surface area contributed by atoms with Gasteiger partial charge in [-0.05, 0) is 0 Å². The van der Waals surface area contributed by atoms with E-state index in [1.807, 2.05) is 0 Å². The molecule has 0 radical (unpaired) electrons. The molecule has 12 nitrogen and oxygen atoms in total. The highest BCUT2D eigenvalue weighted by atomic mass is 16.6. The highest BCUT2D eigenvalue weighted by Crippen LogP contribution is 2.26. The summed E-state index contributed by atoms with van der Waals surface area (Å²) in [5, 5.41) is 0. The second-order valence-electron chi connectivity index (χ2n) is 9.37. The van der Waals surface area contributed by atoms with Crippen LogP contribution >= 0.6 is 0 Å². The SMILES string of the molecule is O=C(CC(C(=O)OCCC1CO1)C(CC(=O)OCCC1CO1)C(=O)OCCC1CO1)OCCC1CO1. The van der Waals surface area contributed by atoms with Gasteiger partial charge in [-0.15, -0.1) is 0 Å². The fourth-order valence-electron chi connectivity index (χ4n) is 3.60. The number of epoxide rings is 4. The first kappa shape index (κ1) is 26.8. The molecule has 0 saturated carbocycles. The van der Waals surface area contributed by atoms with Crippen LogP contribution in [0.15, 0.2) is 0 Å². The van der Waals surface area contributed by atoms with Crippen molar-refractivity contribution < 1.29 is 57.1 Å². The van der Waals surface area contributed by atoms with E-state index in [1.165, 1.54) is 0 Å². The average Bonchev–Trinajstić information content (AvgIpc) is 3.68. The summed E-state index contributed by atoms with van der Waals surface area (Å²) < 4.78 is 41.6. The third-order valence-corrected chi connectivity index (χ3v) is 6.25. The molecule has 6 unspecified atom stereocenters. The molecular formula is C24H34O12. The summed E-state index contributed by atoms with van der Waals surface area (Å²) >= 11 is 0. The largest absolute Gasteiger partial charge is 0.466 e. The Kier molecular flexibility index (Phi) is 9.90. The third-order valence-electron chi connectivity index (χ3n) is 6.25. The van der Waals surface area contributed by atoms with Crippen LogP contribution in [0.5, 0.6) is 0 Å². The molecule has 12 heteroatoms. The molecule has 4 fully saturated rings. The van der Waals surface area contributed by atoms with Gasteiger partial charge in [-0.25, -0.2) is 0 Å². The van der Waals surface area contributed by atoms with Gasteiger partial charge in [0.05, 0.1) is 102 Å². The maximum Gasteiger partial charge on any atom is 0.310 e. The van der Waals surface area contributed by atoms with Gasteiger partial charge in [0.25, 0.3) is 0 Å². The van der Waals surface area contributed by atoms with Gasteiger partial charge in [-0.3, -0.25) is 19.2 Å². The van der Waals surface area contributed by atoms with Crippen molar-refractivity contribution in [2.75, 3.05) is 52.9 Å². The van der Waals surface area contributed by atoms with Gasteiger partial charge in [0.1, 0.15) is 0 Å². The van der Waals surface area contributed by atoms with Crippen LogP contribution in [-0.2, 0) is 57.1 Å². The molecule has 6 atom stereocenters. The lowest BCUT2D eigenvalue weighted by atomic mass is 9.86. The van der Waals surface area contributed by atoms with Gasteiger partial charge in [-0.1, -0.05) is 0 Å². The second kappa shape index (κ2) is 13.3. The predicted molar refractivity (Wildman–Crippen MR) is 117 cm³/mol. The summed E-state index contributed by atoms with van der Waals surface area (Å²) in [5.41, 5.74) is 0. The number of hydrogen-bond donors (Lipinski definition) is 0. The highest BCUT2D eigenvalue weighted by Gasteiger charge is 2.40. The normalized spacial score (nSPS) is 26.8. The zero-order chi connectivity index (χ0) is 25.3. The molecule has 0 amide bonds. The van der Waals surface area contributed by atoms with Crippen molar-refractivity contribution in [2.45, 2.75) is 62.9 Å². The first-order valence-corrected chi connectivity index (χ1v) is 12.6. The number of carbonyl (C=O) groups excluding carboxylic acids is 4. The van der Waals surface area contributed by atoms with E-state index in [-0.39, 0.29) is 50.8 Å². The van der Waals surface area contributed by atoms with E-state index in [9.17, 15) is 19.2 Å². The minimum absolute atomic E-state index is 0.0432. The smallest absolute Gasteiger partial charge is 0.310 e. The summed E-state index contributed by atoms with van der Waals surface area (Å²) in [7, 11) is 0. The van der Waals surface area contributed by atoms with Gasteiger partial charge < -0.3 is 37.9 Å². The first-order valence-electron chi connectivity index (χ1n) is 12.6. The van der Waals surface area contributed by atoms with Crippen LogP contribution < -0.4 is 0 Å². The second-order valence-corrected chi connectivity index (χ2v) is 9.37. The molecule has 0 N–H and O–H groups in total. The minimum atomic E-state index is -1.27. The lowest BCUT2D eigenvalue weighted by Crippen LogP contribution is -2.37. The van der Waals surface area contributed by atoms with Gasteiger partial charge in [0, 0.05) is 25.7 Å². The molecule has 0 aromatic heterocycles. The van der Waals surface area contributed by atoms with Crippen molar-refractivity contribution in [3.05, 3.63) is 0 Å². The van der Waals surface area contributed by atoms with Crippen molar-refractivity contribution in [3.8, 4) is 0 Å². The van der Waals surface area contributed by atoms with Crippen LogP contribution in [0, 0.1) is 11.8 Å². The van der Waals surface area contributed by atoms with E-state index in [2.05, 4.69) is 0 Å². The van der Waals surface area contributed by atoms with Crippen molar-refractivity contribution in [2.24, 2.45) is 11.8 Å². The standard InChI is InChI=1S/C24H34O12/c25-21(29-5-1-15-11-33-15)9-19(23(27)31-7-3-17-13-35-17)20(24(28)32-8-4-18-14-36-18)10-22(26)30-6-2-16-12-34-16/h15-20H,1-14H2. The first-order chi connectivity index (χ1) is 17.5. The lowest BCUT2D eigenvalue weighted by Gasteiger charge is -2.23. The molecule has 4 saturated heterocycles. The number of esters is 4. The van der Waals surface area contributed by atoms with Crippen molar-refractivity contribution in [1.82, 2.24) is 0 Å². The fourth-order valence-corrected chi connectivity index (χ4v) is 3.60. The van der Waals surface area contributed by atoms with Gasteiger partial charge in [0.2, 0.25) is 0 Å². The van der Waals surface area contributed by atoms with Crippen molar-refractivity contribution in [3.63, 3.8) is 0 Å². The summed E-state index contributed by atoms with van der Waals surface area (Å²) in [6.07, 6.45) is 1.50. The zero-order valence-corrected chi connectivity index (χ0v) is 20.3. The molecule has 202 valence electrons. The summed E-state index contributed by atoms with van der Waals surface area (Å²) in [6.45, 7) is 2.88. The molecule has 4 rings (SSSR count). The molecule has 0 bridgehead atoms. The Balaban J connectivity index is 1.36. The molecule has 4 aliphatic rings. The van der Waals surface area contributed by atoms with Crippen LogP contribution in [0.3, 0.4) is 0 Å². The number of rotatable bonds is 19. The molecule has 0 aromatic carbocycles. The fraction of sp³-hybridized carbons (Fsp3) is 0.833. The van der Waals surface area contributed by atoms with E-state index < -0.39 is 48.6 Å². The molecule has 0 spiro atoms. The van der Waals surface area contributed by atoms with E-state index >= 15 is 0 Å². The van der Waals surface area contributed by atoms with E-state index in [4.69, 9.17) is 37.9 Å². The van der Waals surface area contributed by atoms with Crippen LogP contribution in [0.1, 0.15) is 38.5 Å². The summed E-state index contributed by atoms with van der Waals surface area (Å²) in [6, 6.07) is 0. The Morgan fingerprint density at radius 2 is 0.806 bits per heavy atom. The van der Waals surface area contributed by atoms with Crippen molar-refractivity contribution >= 4 is 23.9 Å². The van der Waals surface area contributed by atoms with Crippen LogP contribution in [-0.4, -0.2) is 101 Å². The molecule has 4 aliphatic heterocycles. The predicted octanol–water partition coefficient (Wildman–Crippen LogP) is 0.327. The van der Waals surface area contributed by atoms with Crippen LogP contribution in [0.25, 0.3) is 0 Å². The Morgan fingerprint density at radius 1 is 0.528 bits per heavy atom. The minimum Gasteiger partial charge on any atom is -0.466 e. The van der Waals surface area contributed by atoms with E-state index in [0.29, 0.717) is 52.1 Å².